The van der Waals surface area contributed by atoms with E-state index in [0.29, 0.717) is 19.1 Å². The Labute approximate surface area is 132 Å². The van der Waals surface area contributed by atoms with E-state index in [1.54, 1.807) is 0 Å². The zero-order chi connectivity index (χ0) is 15.2. The van der Waals surface area contributed by atoms with Crippen molar-refractivity contribution >= 4 is 5.91 Å². The highest BCUT2D eigenvalue weighted by atomic mass is 16.5. The van der Waals surface area contributed by atoms with Gasteiger partial charge in [-0.25, -0.2) is 0 Å². The number of rotatable bonds is 3. The lowest BCUT2D eigenvalue weighted by Crippen LogP contribution is -2.52. The molecule has 2 aliphatic heterocycles. The third-order valence-electron chi connectivity index (χ3n) is 6.34. The Kier molecular flexibility index (Phi) is 3.71. The van der Waals surface area contributed by atoms with Crippen molar-refractivity contribution in [3.63, 3.8) is 0 Å². The molecule has 1 saturated heterocycles. The minimum absolute atomic E-state index is 0.0449. The van der Waals surface area contributed by atoms with E-state index >= 15 is 0 Å². The molecule has 0 aromatic heterocycles. The van der Waals surface area contributed by atoms with Crippen molar-refractivity contribution in [1.82, 2.24) is 4.90 Å². The first-order valence-corrected chi connectivity index (χ1v) is 9.00. The number of nitrogens with zero attached hydrogens (tertiary/aromatic N) is 3. The quantitative estimate of drug-likeness (QED) is 0.805. The number of hydrogen-bond acceptors (Lipinski definition) is 4. The molecule has 0 radical (unpaired) electrons. The molecule has 22 heavy (non-hydrogen) atoms. The van der Waals surface area contributed by atoms with Gasteiger partial charge in [0.25, 0.3) is 0 Å². The number of carbonyl (C=O) groups excluding carboxylic acids is 1. The smallest absolute Gasteiger partial charge is 0.225 e. The molecule has 1 unspecified atom stereocenters. The molecule has 0 aromatic rings. The molecular formula is C17H27N3O2. The Morgan fingerprint density at radius 1 is 1.09 bits per heavy atom. The Morgan fingerprint density at radius 2 is 1.77 bits per heavy atom. The fraction of sp³-hybridized carbons (Fsp3) is 0.941. The zero-order valence-electron chi connectivity index (χ0n) is 13.5. The Morgan fingerprint density at radius 3 is 2.36 bits per heavy atom. The minimum atomic E-state index is -0.388. The molecule has 0 bridgehead atoms. The zero-order valence-corrected chi connectivity index (χ0v) is 13.5. The van der Waals surface area contributed by atoms with Gasteiger partial charge in [0, 0.05) is 12.5 Å². The highest BCUT2D eigenvalue weighted by molar-refractivity contribution is 5.79. The maximum atomic E-state index is 12.8. The van der Waals surface area contributed by atoms with Gasteiger partial charge in [0.2, 0.25) is 11.6 Å². The predicted molar refractivity (Wildman–Crippen MR) is 82.4 cm³/mol. The van der Waals surface area contributed by atoms with Gasteiger partial charge in [0.05, 0.1) is 13.2 Å². The summed E-state index contributed by atoms with van der Waals surface area (Å²) in [6.07, 6.45) is 8.95. The van der Waals surface area contributed by atoms with Gasteiger partial charge in [-0.1, -0.05) is 19.3 Å². The molecule has 1 atom stereocenters. The molecule has 0 spiro atoms. The molecule has 4 rings (SSSR count). The van der Waals surface area contributed by atoms with Crippen LogP contribution >= 0.6 is 0 Å². The van der Waals surface area contributed by atoms with Crippen LogP contribution in [0.5, 0.6) is 0 Å². The number of ether oxygens (including phenoxy) is 1. The van der Waals surface area contributed by atoms with Gasteiger partial charge >= 0.3 is 0 Å². The Balaban J connectivity index is 1.30. The molecule has 0 N–H and O–H groups in total. The molecule has 2 aliphatic carbocycles. The third kappa shape index (κ3) is 2.68. The third-order valence-corrected chi connectivity index (χ3v) is 6.34. The van der Waals surface area contributed by atoms with Gasteiger partial charge in [0.1, 0.15) is 6.10 Å². The number of amides is 1. The van der Waals surface area contributed by atoms with E-state index in [0.717, 1.165) is 31.2 Å². The first-order valence-electron chi connectivity index (χ1n) is 9.00. The lowest BCUT2D eigenvalue weighted by atomic mass is 9.68. The van der Waals surface area contributed by atoms with E-state index in [2.05, 4.69) is 10.2 Å². The van der Waals surface area contributed by atoms with Crippen LogP contribution in [0.1, 0.15) is 51.9 Å². The second-order valence-electron chi connectivity index (χ2n) is 7.74. The van der Waals surface area contributed by atoms with Crippen molar-refractivity contribution < 1.29 is 9.53 Å². The van der Waals surface area contributed by atoms with Crippen molar-refractivity contribution in [2.45, 2.75) is 63.6 Å². The summed E-state index contributed by atoms with van der Waals surface area (Å²) >= 11 is 0. The van der Waals surface area contributed by atoms with Crippen LogP contribution in [0.25, 0.3) is 0 Å². The summed E-state index contributed by atoms with van der Waals surface area (Å²) < 4.78 is 5.76. The standard InChI is InChI=1S/C17H27N3O2/c1-17(18-19-17)15-11-20(9-10-22-15)16(21)14-7-5-13(6-8-14)12-3-2-4-12/h12-15H,2-11H2,1H3. The molecule has 0 aromatic carbocycles. The molecular weight excluding hydrogens is 278 g/mol. The van der Waals surface area contributed by atoms with Gasteiger partial charge in [-0.2, -0.15) is 10.2 Å². The average molecular weight is 305 g/mol. The lowest BCUT2D eigenvalue weighted by Gasteiger charge is -2.40. The fourth-order valence-corrected chi connectivity index (χ4v) is 4.39. The largest absolute Gasteiger partial charge is 0.370 e. The Hall–Kier alpha value is -0.970. The monoisotopic (exact) mass is 305 g/mol. The molecule has 122 valence electrons. The lowest BCUT2D eigenvalue weighted by molar-refractivity contribution is -0.146. The number of morpholine rings is 1. The molecule has 2 saturated carbocycles. The Bertz CT molecular complexity index is 461. The average Bonchev–Trinajstić information content (AvgIpc) is 3.25. The fourth-order valence-electron chi connectivity index (χ4n) is 4.39. The van der Waals surface area contributed by atoms with Crippen molar-refractivity contribution in [1.29, 1.82) is 0 Å². The van der Waals surface area contributed by atoms with Crippen LogP contribution in [-0.2, 0) is 9.53 Å². The van der Waals surface area contributed by atoms with Crippen molar-refractivity contribution in [2.75, 3.05) is 19.7 Å². The molecule has 5 heteroatoms. The van der Waals surface area contributed by atoms with Gasteiger partial charge in [-0.05, 0) is 44.4 Å². The second kappa shape index (κ2) is 5.59. The van der Waals surface area contributed by atoms with Gasteiger partial charge in [0.15, 0.2) is 0 Å². The normalized spacial score (nSPS) is 37.7. The number of hydrogen-bond donors (Lipinski definition) is 0. The summed E-state index contributed by atoms with van der Waals surface area (Å²) in [5, 5.41) is 8.14. The van der Waals surface area contributed by atoms with E-state index in [-0.39, 0.29) is 17.7 Å². The number of carbonyl (C=O) groups is 1. The summed E-state index contributed by atoms with van der Waals surface area (Å²) in [6.45, 7) is 3.99. The van der Waals surface area contributed by atoms with Crippen molar-refractivity contribution in [3.05, 3.63) is 0 Å². The van der Waals surface area contributed by atoms with E-state index in [1.165, 1.54) is 32.1 Å². The molecule has 4 aliphatic rings. The minimum Gasteiger partial charge on any atom is -0.370 e. The van der Waals surface area contributed by atoms with E-state index < -0.39 is 0 Å². The first kappa shape index (κ1) is 14.6. The van der Waals surface area contributed by atoms with Crippen LogP contribution in [-0.4, -0.2) is 42.3 Å². The summed E-state index contributed by atoms with van der Waals surface area (Å²) in [5.41, 5.74) is -0.388. The second-order valence-corrected chi connectivity index (χ2v) is 7.74. The predicted octanol–water partition coefficient (Wildman–Crippen LogP) is 3.00. The van der Waals surface area contributed by atoms with Crippen LogP contribution in [0.4, 0.5) is 0 Å². The van der Waals surface area contributed by atoms with E-state index in [1.807, 2.05) is 11.8 Å². The highest BCUT2D eigenvalue weighted by Crippen LogP contribution is 2.43. The van der Waals surface area contributed by atoms with Crippen LogP contribution < -0.4 is 0 Å². The summed E-state index contributed by atoms with van der Waals surface area (Å²) in [4.78, 5) is 14.8. The van der Waals surface area contributed by atoms with E-state index in [9.17, 15) is 4.79 Å². The molecule has 3 fully saturated rings. The SMILES string of the molecule is CC1(C2CN(C(=O)C3CCC(C4CCC4)CC3)CCO2)N=N1. The summed E-state index contributed by atoms with van der Waals surface area (Å²) in [7, 11) is 0. The molecule has 1 amide bonds. The topological polar surface area (TPSA) is 54.3 Å². The van der Waals surface area contributed by atoms with Crippen molar-refractivity contribution in [3.8, 4) is 0 Å². The van der Waals surface area contributed by atoms with Crippen LogP contribution in [0, 0.1) is 17.8 Å². The van der Waals surface area contributed by atoms with Crippen LogP contribution in [0.2, 0.25) is 0 Å². The maximum Gasteiger partial charge on any atom is 0.225 e. The summed E-state index contributed by atoms with van der Waals surface area (Å²) in [5.74, 6) is 2.47. The van der Waals surface area contributed by atoms with Gasteiger partial charge in [-0.3, -0.25) is 4.79 Å². The van der Waals surface area contributed by atoms with Crippen LogP contribution in [0.3, 0.4) is 0 Å². The maximum absolute atomic E-state index is 12.8. The van der Waals surface area contributed by atoms with Crippen LogP contribution in [0.15, 0.2) is 10.2 Å². The molecule has 2 heterocycles. The molecule has 5 nitrogen and oxygen atoms in total. The van der Waals surface area contributed by atoms with Gasteiger partial charge in [-0.15, -0.1) is 0 Å². The first-order chi connectivity index (χ1) is 10.7. The highest BCUT2D eigenvalue weighted by Gasteiger charge is 2.47. The summed E-state index contributed by atoms with van der Waals surface area (Å²) in [6, 6.07) is 0. The van der Waals surface area contributed by atoms with E-state index in [4.69, 9.17) is 4.74 Å². The van der Waals surface area contributed by atoms with Crippen molar-refractivity contribution in [2.24, 2.45) is 28.0 Å². The van der Waals surface area contributed by atoms with Gasteiger partial charge < -0.3 is 9.64 Å².